The van der Waals surface area contributed by atoms with Crippen LogP contribution in [0.4, 0.5) is 4.79 Å². The molecule has 5 N–H and O–H groups in total. The lowest BCUT2D eigenvalue weighted by Crippen LogP contribution is -2.55. The van der Waals surface area contributed by atoms with Crippen molar-refractivity contribution in [3.63, 3.8) is 0 Å². The van der Waals surface area contributed by atoms with Crippen LogP contribution in [0.25, 0.3) is 0 Å². The summed E-state index contributed by atoms with van der Waals surface area (Å²) in [6, 6.07) is 7.30. The number of aliphatic hydroxyl groups excluding tert-OH is 1. The first-order valence-corrected chi connectivity index (χ1v) is 17.5. The second kappa shape index (κ2) is 20.3. The molecule has 0 saturated carbocycles. The van der Waals surface area contributed by atoms with Crippen LogP contribution < -0.4 is 21.3 Å². The van der Waals surface area contributed by atoms with Gasteiger partial charge in [0, 0.05) is 24.6 Å². The molecular weight excluding hydrogens is 596 g/mol. The molecule has 0 bridgehead atoms. The van der Waals surface area contributed by atoms with Crippen molar-refractivity contribution >= 4 is 35.6 Å². The Morgan fingerprint density at radius 2 is 1.71 bits per heavy atom. The van der Waals surface area contributed by atoms with Gasteiger partial charge in [0.15, 0.2) is 0 Å². The first-order chi connectivity index (χ1) is 21.4. The molecule has 12 heteroatoms. The van der Waals surface area contributed by atoms with Gasteiger partial charge >= 0.3 is 6.09 Å². The van der Waals surface area contributed by atoms with Crippen LogP contribution in [-0.4, -0.2) is 84.5 Å². The van der Waals surface area contributed by atoms with Crippen molar-refractivity contribution in [3.8, 4) is 0 Å². The molecular formula is C33H54N4O7S. The van der Waals surface area contributed by atoms with Crippen LogP contribution in [0.1, 0.15) is 72.3 Å². The second-order valence-corrected chi connectivity index (χ2v) is 13.4. The van der Waals surface area contributed by atoms with Crippen molar-refractivity contribution in [2.24, 2.45) is 17.8 Å². The van der Waals surface area contributed by atoms with Crippen molar-refractivity contribution in [3.05, 3.63) is 35.9 Å². The molecule has 0 radical (unpaired) electrons. The summed E-state index contributed by atoms with van der Waals surface area (Å²) in [6.45, 7) is 10.9. The number of rotatable bonds is 19. The smallest absolute Gasteiger partial charge is 0.408 e. The molecule has 4 amide bonds. The molecule has 254 valence electrons. The van der Waals surface area contributed by atoms with E-state index in [0.29, 0.717) is 51.2 Å². The number of carbonyl (C=O) groups is 4. The van der Waals surface area contributed by atoms with Crippen LogP contribution in [0.2, 0.25) is 0 Å². The van der Waals surface area contributed by atoms with Crippen LogP contribution in [0, 0.1) is 17.8 Å². The van der Waals surface area contributed by atoms with Crippen molar-refractivity contribution < 1.29 is 33.8 Å². The summed E-state index contributed by atoms with van der Waals surface area (Å²) in [5, 5.41) is 22.8. The third kappa shape index (κ3) is 14.0. The van der Waals surface area contributed by atoms with E-state index in [2.05, 4.69) is 21.3 Å². The van der Waals surface area contributed by atoms with Gasteiger partial charge < -0.3 is 35.8 Å². The van der Waals surface area contributed by atoms with Gasteiger partial charge in [0.1, 0.15) is 18.2 Å². The van der Waals surface area contributed by atoms with Crippen molar-refractivity contribution in [1.82, 2.24) is 21.3 Å². The minimum absolute atomic E-state index is 0.109. The van der Waals surface area contributed by atoms with E-state index in [-0.39, 0.29) is 36.2 Å². The van der Waals surface area contributed by atoms with Crippen molar-refractivity contribution in [2.45, 2.75) is 104 Å². The van der Waals surface area contributed by atoms with Gasteiger partial charge in [-0.05, 0) is 42.9 Å². The Kier molecular flexibility index (Phi) is 17.3. The Morgan fingerprint density at radius 3 is 2.29 bits per heavy atom. The summed E-state index contributed by atoms with van der Waals surface area (Å²) in [5.41, 5.74) is 0.959. The summed E-state index contributed by atoms with van der Waals surface area (Å²) < 4.78 is 10.6. The molecule has 11 nitrogen and oxygen atoms in total. The highest BCUT2D eigenvalue weighted by Crippen LogP contribution is 2.21. The van der Waals surface area contributed by atoms with Crippen molar-refractivity contribution in [2.75, 3.05) is 25.2 Å². The highest BCUT2D eigenvalue weighted by molar-refractivity contribution is 7.98. The molecule has 0 aromatic heterocycles. The second-order valence-electron chi connectivity index (χ2n) is 12.5. The van der Waals surface area contributed by atoms with Crippen LogP contribution in [0.5, 0.6) is 0 Å². The van der Waals surface area contributed by atoms with Crippen LogP contribution >= 0.6 is 11.8 Å². The molecule has 1 saturated heterocycles. The monoisotopic (exact) mass is 650 g/mol. The molecule has 0 spiro atoms. The Labute approximate surface area is 272 Å². The summed E-state index contributed by atoms with van der Waals surface area (Å²) in [7, 11) is 0. The predicted molar refractivity (Wildman–Crippen MR) is 176 cm³/mol. The van der Waals surface area contributed by atoms with E-state index >= 15 is 0 Å². The number of thioether (sulfide) groups is 1. The molecule has 2 rings (SSSR count). The molecule has 1 fully saturated rings. The quantitative estimate of drug-likeness (QED) is 0.153. The number of benzene rings is 1. The normalized spacial score (nSPS) is 18.0. The lowest BCUT2D eigenvalue weighted by atomic mass is 9.88. The van der Waals surface area contributed by atoms with E-state index in [1.54, 1.807) is 0 Å². The summed E-state index contributed by atoms with van der Waals surface area (Å²) in [4.78, 5) is 52.4. The highest BCUT2D eigenvalue weighted by atomic mass is 32.2. The molecule has 0 unspecified atom stereocenters. The van der Waals surface area contributed by atoms with Gasteiger partial charge in [0.2, 0.25) is 17.7 Å². The molecule has 6 atom stereocenters. The third-order valence-electron chi connectivity index (χ3n) is 7.71. The van der Waals surface area contributed by atoms with E-state index in [1.807, 2.05) is 71.2 Å². The minimum Gasteiger partial charge on any atom is -0.444 e. The lowest BCUT2D eigenvalue weighted by Gasteiger charge is -2.31. The van der Waals surface area contributed by atoms with Gasteiger partial charge in [-0.3, -0.25) is 14.4 Å². The standard InChI is InChI=1S/C33H54N4O7S/c1-7-11-24(30(39)37-29(22(4)5)32(41)34-18-23-12-9-8-10-13-23)17-28(38)26(16-21(2)3)35-31(40)27(20-45-6)36-33(42)44-25-14-15-43-19-25/h8-10,12-13,21-22,24-29,38H,7,11,14-20H2,1-6H3,(H,34,41)(H,35,40)(H,36,42)(H,37,39)/t24-,25+,26+,27+,28+,29+/m1/s1. The number of nitrogens with one attached hydrogen (secondary N) is 4. The Bertz CT molecular complexity index is 1050. The maximum Gasteiger partial charge on any atom is 0.408 e. The van der Waals surface area contributed by atoms with E-state index in [9.17, 15) is 24.3 Å². The van der Waals surface area contributed by atoms with E-state index in [1.165, 1.54) is 11.8 Å². The third-order valence-corrected chi connectivity index (χ3v) is 8.38. The zero-order valence-electron chi connectivity index (χ0n) is 27.7. The Hall–Kier alpha value is -2.83. The molecule has 1 aliphatic heterocycles. The maximum absolute atomic E-state index is 13.5. The number of aliphatic hydroxyl groups is 1. The average molecular weight is 651 g/mol. The van der Waals surface area contributed by atoms with Gasteiger partial charge in [-0.1, -0.05) is 71.4 Å². The maximum atomic E-state index is 13.5. The minimum atomic E-state index is -1.03. The zero-order chi connectivity index (χ0) is 33.4. The molecule has 45 heavy (non-hydrogen) atoms. The number of hydrogen-bond donors (Lipinski definition) is 5. The predicted octanol–water partition coefficient (Wildman–Crippen LogP) is 3.39. The fraction of sp³-hybridized carbons (Fsp3) is 0.697. The number of amides is 4. The zero-order valence-corrected chi connectivity index (χ0v) is 28.5. The van der Waals surface area contributed by atoms with Gasteiger partial charge in [-0.15, -0.1) is 0 Å². The fourth-order valence-corrected chi connectivity index (χ4v) is 5.82. The largest absolute Gasteiger partial charge is 0.444 e. The van der Waals surface area contributed by atoms with Crippen molar-refractivity contribution in [1.29, 1.82) is 0 Å². The topological polar surface area (TPSA) is 155 Å². The van der Waals surface area contributed by atoms with Gasteiger partial charge in [-0.2, -0.15) is 11.8 Å². The molecule has 1 aromatic carbocycles. The van der Waals surface area contributed by atoms with E-state index < -0.39 is 42.1 Å². The van der Waals surface area contributed by atoms with Crippen LogP contribution in [-0.2, 0) is 30.4 Å². The van der Waals surface area contributed by atoms with E-state index in [4.69, 9.17) is 9.47 Å². The first kappa shape index (κ1) is 38.4. The summed E-state index contributed by atoms with van der Waals surface area (Å²) >= 11 is 1.40. The highest BCUT2D eigenvalue weighted by Gasteiger charge is 2.33. The first-order valence-electron chi connectivity index (χ1n) is 16.1. The molecule has 1 aliphatic rings. The summed E-state index contributed by atoms with van der Waals surface area (Å²) in [5.74, 6) is -1.27. The number of ether oxygens (including phenoxy) is 2. The number of alkyl carbamates (subject to hydrolysis) is 1. The van der Waals surface area contributed by atoms with Gasteiger partial charge in [-0.25, -0.2) is 4.79 Å². The summed E-state index contributed by atoms with van der Waals surface area (Å²) in [6.07, 6.45) is 2.18. The fourth-order valence-electron chi connectivity index (χ4n) is 5.25. The Morgan fingerprint density at radius 1 is 1.00 bits per heavy atom. The number of carbonyl (C=O) groups excluding carboxylic acids is 4. The van der Waals surface area contributed by atoms with Gasteiger partial charge in [0.25, 0.3) is 0 Å². The van der Waals surface area contributed by atoms with Crippen LogP contribution in [0.15, 0.2) is 30.3 Å². The van der Waals surface area contributed by atoms with Gasteiger partial charge in [0.05, 0.1) is 25.4 Å². The Balaban J connectivity index is 2.07. The molecule has 0 aliphatic carbocycles. The molecule has 1 heterocycles. The number of hydrogen-bond acceptors (Lipinski definition) is 8. The average Bonchev–Trinajstić information content (AvgIpc) is 3.50. The SMILES string of the molecule is CCC[C@H](C[C@H](O)[C@H](CC(C)C)NC(=O)[C@H](CSC)NC(=O)O[C@H]1CCOC1)C(=O)N[C@H](C(=O)NCc1ccccc1)C(C)C. The lowest BCUT2D eigenvalue weighted by molar-refractivity contribution is -0.133. The molecule has 1 aromatic rings. The van der Waals surface area contributed by atoms with E-state index in [0.717, 1.165) is 5.56 Å². The van der Waals surface area contributed by atoms with Crippen LogP contribution in [0.3, 0.4) is 0 Å².